The van der Waals surface area contributed by atoms with Crippen molar-refractivity contribution in [1.29, 1.82) is 0 Å². The smallest absolute Gasteiger partial charge is 0.146 e. The van der Waals surface area contributed by atoms with Gasteiger partial charge in [-0.15, -0.1) is 0 Å². The van der Waals surface area contributed by atoms with Crippen molar-refractivity contribution >= 4 is 5.82 Å². The number of hydrogen-bond donors (Lipinski definition) is 2. The van der Waals surface area contributed by atoms with Gasteiger partial charge in [0.2, 0.25) is 0 Å². The molecule has 4 nitrogen and oxygen atoms in total. The summed E-state index contributed by atoms with van der Waals surface area (Å²) in [5.41, 5.74) is 5.02. The molecule has 0 amide bonds. The van der Waals surface area contributed by atoms with Gasteiger partial charge < -0.3 is 5.43 Å². The van der Waals surface area contributed by atoms with Crippen LogP contribution >= 0.6 is 0 Å². The molecule has 0 atom stereocenters. The van der Waals surface area contributed by atoms with E-state index in [9.17, 15) is 0 Å². The number of nitrogens with zero attached hydrogens (tertiary/aromatic N) is 2. The first-order valence-corrected chi connectivity index (χ1v) is 5.45. The number of nitrogens with one attached hydrogen (secondary N) is 1. The van der Waals surface area contributed by atoms with Crippen LogP contribution < -0.4 is 11.3 Å². The van der Waals surface area contributed by atoms with Crippen LogP contribution in [0.5, 0.6) is 0 Å². The molecule has 0 aliphatic heterocycles. The Morgan fingerprint density at radius 1 is 1.40 bits per heavy atom. The van der Waals surface area contributed by atoms with Crippen molar-refractivity contribution in [2.24, 2.45) is 5.84 Å². The number of nitrogens with two attached hydrogens (primary N) is 1. The summed E-state index contributed by atoms with van der Waals surface area (Å²) in [4.78, 5) is 9.11. The monoisotopic (exact) mass is 206 g/mol. The summed E-state index contributed by atoms with van der Waals surface area (Å²) in [6.45, 7) is 6.32. The van der Waals surface area contributed by atoms with E-state index in [0.29, 0.717) is 0 Å². The van der Waals surface area contributed by atoms with E-state index in [0.717, 1.165) is 29.3 Å². The third-order valence-electron chi connectivity index (χ3n) is 3.26. The maximum Gasteiger partial charge on any atom is 0.146 e. The number of aryl methyl sites for hydroxylation is 1. The number of hydrogen-bond acceptors (Lipinski definition) is 4. The Labute approximate surface area is 90.3 Å². The number of rotatable bonds is 3. The van der Waals surface area contributed by atoms with Crippen molar-refractivity contribution in [3.8, 4) is 0 Å². The molecular formula is C11H18N4. The fourth-order valence-electron chi connectivity index (χ4n) is 1.73. The van der Waals surface area contributed by atoms with E-state index in [-0.39, 0.29) is 5.41 Å². The second-order valence-corrected chi connectivity index (χ2v) is 4.53. The molecule has 3 N–H and O–H groups in total. The fraction of sp³-hybridized carbons (Fsp3) is 0.636. The largest absolute Gasteiger partial charge is 0.308 e. The average molecular weight is 206 g/mol. The zero-order valence-electron chi connectivity index (χ0n) is 9.59. The zero-order chi connectivity index (χ0) is 11.1. The highest BCUT2D eigenvalue weighted by atomic mass is 15.3. The van der Waals surface area contributed by atoms with E-state index < -0.39 is 0 Å². The van der Waals surface area contributed by atoms with E-state index in [1.165, 1.54) is 12.8 Å². The summed E-state index contributed by atoms with van der Waals surface area (Å²) in [6, 6.07) is 0. The normalized spacial score (nSPS) is 17.6. The average Bonchev–Trinajstić information content (AvgIpc) is 2.98. The third kappa shape index (κ3) is 1.69. The first kappa shape index (κ1) is 10.4. The Morgan fingerprint density at radius 2 is 2.07 bits per heavy atom. The van der Waals surface area contributed by atoms with Gasteiger partial charge in [0.1, 0.15) is 11.6 Å². The highest BCUT2D eigenvalue weighted by Gasteiger charge is 2.42. The van der Waals surface area contributed by atoms with E-state index in [2.05, 4.69) is 29.2 Å². The van der Waals surface area contributed by atoms with Gasteiger partial charge in [-0.25, -0.2) is 15.8 Å². The molecule has 0 spiro atoms. The topological polar surface area (TPSA) is 63.8 Å². The lowest BCUT2D eigenvalue weighted by molar-refractivity contribution is 0.696. The molecule has 1 fully saturated rings. The Morgan fingerprint density at radius 3 is 2.53 bits per heavy atom. The Balaban J connectivity index is 2.49. The molecule has 0 aromatic carbocycles. The van der Waals surface area contributed by atoms with Crippen LogP contribution in [-0.4, -0.2) is 9.97 Å². The van der Waals surface area contributed by atoms with Gasteiger partial charge in [0, 0.05) is 16.7 Å². The predicted molar refractivity (Wildman–Crippen MR) is 60.5 cm³/mol. The molecule has 0 saturated heterocycles. The van der Waals surface area contributed by atoms with Gasteiger partial charge in [0.15, 0.2) is 0 Å². The van der Waals surface area contributed by atoms with Gasteiger partial charge in [-0.1, -0.05) is 13.8 Å². The summed E-state index contributed by atoms with van der Waals surface area (Å²) in [6.07, 6.45) is 3.29. The SMILES string of the molecule is CCc1nc(C2(C)CC2)nc(NN)c1C. The van der Waals surface area contributed by atoms with Crippen molar-refractivity contribution < 1.29 is 0 Å². The van der Waals surface area contributed by atoms with E-state index >= 15 is 0 Å². The van der Waals surface area contributed by atoms with Gasteiger partial charge in [-0.2, -0.15) is 0 Å². The fourth-order valence-corrected chi connectivity index (χ4v) is 1.73. The number of hydrazine groups is 1. The lowest BCUT2D eigenvalue weighted by Gasteiger charge is -2.13. The number of aromatic nitrogens is 2. The first-order chi connectivity index (χ1) is 7.10. The highest BCUT2D eigenvalue weighted by molar-refractivity contribution is 5.45. The molecule has 1 heterocycles. The summed E-state index contributed by atoms with van der Waals surface area (Å²) < 4.78 is 0. The molecule has 1 aromatic heterocycles. The van der Waals surface area contributed by atoms with E-state index in [4.69, 9.17) is 5.84 Å². The van der Waals surface area contributed by atoms with Gasteiger partial charge in [0.25, 0.3) is 0 Å². The third-order valence-corrected chi connectivity index (χ3v) is 3.26. The Hall–Kier alpha value is -1.16. The predicted octanol–water partition coefficient (Wildman–Crippen LogP) is 1.68. The van der Waals surface area contributed by atoms with Crippen LogP contribution in [0.3, 0.4) is 0 Å². The molecule has 1 aliphatic carbocycles. The van der Waals surface area contributed by atoms with Crippen molar-refractivity contribution in [2.75, 3.05) is 5.43 Å². The molecule has 82 valence electrons. The summed E-state index contributed by atoms with van der Waals surface area (Å²) >= 11 is 0. The van der Waals surface area contributed by atoms with Crippen LogP contribution in [0.4, 0.5) is 5.82 Å². The van der Waals surface area contributed by atoms with Crippen LogP contribution in [0.2, 0.25) is 0 Å². The minimum atomic E-state index is 0.198. The maximum atomic E-state index is 5.47. The van der Waals surface area contributed by atoms with Gasteiger partial charge in [-0.05, 0) is 26.2 Å². The quantitative estimate of drug-likeness (QED) is 0.583. The second kappa shape index (κ2) is 3.45. The summed E-state index contributed by atoms with van der Waals surface area (Å²) in [5.74, 6) is 7.18. The van der Waals surface area contributed by atoms with Gasteiger partial charge >= 0.3 is 0 Å². The molecule has 15 heavy (non-hydrogen) atoms. The minimum absolute atomic E-state index is 0.198. The standard InChI is InChI=1S/C11H18N4/c1-4-8-7(2)9(15-12)14-10(13-8)11(3)5-6-11/h4-6,12H2,1-3H3,(H,13,14,15). The molecule has 0 unspecified atom stereocenters. The van der Waals surface area contributed by atoms with Crippen LogP contribution in [0.15, 0.2) is 0 Å². The van der Waals surface area contributed by atoms with E-state index in [1.807, 2.05) is 6.92 Å². The van der Waals surface area contributed by atoms with Crippen LogP contribution in [0.1, 0.15) is 43.8 Å². The molecule has 0 bridgehead atoms. The van der Waals surface area contributed by atoms with Gasteiger partial charge in [-0.3, -0.25) is 0 Å². The lowest BCUT2D eigenvalue weighted by Crippen LogP contribution is -2.17. The zero-order valence-corrected chi connectivity index (χ0v) is 9.59. The van der Waals surface area contributed by atoms with Crippen molar-refractivity contribution in [2.45, 2.75) is 45.4 Å². The molecule has 1 aliphatic rings. The Kier molecular flexibility index (Phi) is 2.38. The minimum Gasteiger partial charge on any atom is -0.308 e. The maximum absolute atomic E-state index is 5.47. The van der Waals surface area contributed by atoms with Crippen molar-refractivity contribution in [3.63, 3.8) is 0 Å². The van der Waals surface area contributed by atoms with Crippen LogP contribution in [-0.2, 0) is 11.8 Å². The molecule has 0 radical (unpaired) electrons. The molecule has 2 rings (SSSR count). The lowest BCUT2D eigenvalue weighted by atomic mass is 10.1. The van der Waals surface area contributed by atoms with Crippen molar-refractivity contribution in [1.82, 2.24) is 9.97 Å². The Bertz CT molecular complexity index is 357. The molecule has 1 saturated carbocycles. The van der Waals surface area contributed by atoms with E-state index in [1.54, 1.807) is 0 Å². The number of anilines is 1. The van der Waals surface area contributed by atoms with Crippen molar-refractivity contribution in [3.05, 3.63) is 17.1 Å². The molecule has 1 aromatic rings. The number of nitrogen functional groups attached to an aromatic ring is 1. The highest BCUT2D eigenvalue weighted by Crippen LogP contribution is 2.46. The second-order valence-electron chi connectivity index (χ2n) is 4.53. The van der Waals surface area contributed by atoms with Crippen LogP contribution in [0, 0.1) is 6.92 Å². The first-order valence-electron chi connectivity index (χ1n) is 5.45. The molecule has 4 heteroatoms. The van der Waals surface area contributed by atoms with Crippen LogP contribution in [0.25, 0.3) is 0 Å². The summed E-state index contributed by atoms with van der Waals surface area (Å²) in [5, 5.41) is 0. The summed E-state index contributed by atoms with van der Waals surface area (Å²) in [7, 11) is 0. The van der Waals surface area contributed by atoms with Gasteiger partial charge in [0.05, 0.1) is 0 Å². The molecular weight excluding hydrogens is 188 g/mol.